The van der Waals surface area contributed by atoms with Crippen molar-refractivity contribution in [2.75, 3.05) is 6.54 Å². The lowest BCUT2D eigenvalue weighted by Gasteiger charge is -2.42. The molecule has 0 aliphatic carbocycles. The van der Waals surface area contributed by atoms with Crippen LogP contribution in [0.4, 0.5) is 0 Å². The van der Waals surface area contributed by atoms with Gasteiger partial charge in [-0.15, -0.1) is 0 Å². The van der Waals surface area contributed by atoms with Gasteiger partial charge in [-0.3, -0.25) is 4.52 Å². The van der Waals surface area contributed by atoms with Crippen molar-refractivity contribution in [3.8, 4) is 0 Å². The van der Waals surface area contributed by atoms with E-state index in [1.54, 1.807) is 0 Å². The van der Waals surface area contributed by atoms with Crippen molar-refractivity contribution in [3.63, 3.8) is 0 Å². The Hall–Kier alpha value is -0.620. The van der Waals surface area contributed by atoms with Crippen LogP contribution in [0, 0.1) is 17.8 Å². The molecular formula is C9H18N3O5P. The smallest absolute Gasteiger partial charge is 0.348 e. The summed E-state index contributed by atoms with van der Waals surface area (Å²) in [6.45, 7) is 5.84. The Kier molecular flexibility index (Phi) is 5.16. The molecule has 0 radical (unpaired) electrons. The highest BCUT2D eigenvalue weighted by atomic mass is 31.2. The van der Waals surface area contributed by atoms with Crippen LogP contribution >= 0.6 is 7.82 Å². The van der Waals surface area contributed by atoms with Crippen LogP contribution in [0.25, 0.3) is 10.4 Å². The highest BCUT2D eigenvalue weighted by molar-refractivity contribution is 7.46. The first-order valence-corrected chi connectivity index (χ1v) is 7.19. The third-order valence-electron chi connectivity index (χ3n) is 3.55. The second-order valence-electron chi connectivity index (χ2n) is 4.63. The van der Waals surface area contributed by atoms with E-state index >= 15 is 0 Å². The highest BCUT2D eigenvalue weighted by Gasteiger charge is 2.41. The first kappa shape index (κ1) is 15.4. The van der Waals surface area contributed by atoms with Crippen molar-refractivity contribution >= 4 is 7.82 Å². The van der Waals surface area contributed by atoms with E-state index < -0.39 is 20.2 Å². The minimum Gasteiger partial charge on any atom is -0.348 e. The summed E-state index contributed by atoms with van der Waals surface area (Å²) in [5.74, 6) is 0.0891. The standard InChI is InChI=1S/C9H18N3O5P/c1-5-6(2)8(4-11-12-10)16-9(7(5)3)17-18(13,14)15/h5-9H,4H2,1-3H3,(H2,13,14,15). The molecule has 1 heterocycles. The van der Waals surface area contributed by atoms with Crippen LogP contribution in [-0.2, 0) is 13.8 Å². The first-order valence-electron chi connectivity index (χ1n) is 5.66. The summed E-state index contributed by atoms with van der Waals surface area (Å²) in [6, 6.07) is 0. The lowest BCUT2D eigenvalue weighted by Crippen LogP contribution is -2.46. The van der Waals surface area contributed by atoms with E-state index in [2.05, 4.69) is 14.5 Å². The Morgan fingerprint density at radius 1 is 1.33 bits per heavy atom. The quantitative estimate of drug-likeness (QED) is 0.352. The number of hydrogen-bond acceptors (Lipinski definition) is 4. The van der Waals surface area contributed by atoms with Crippen LogP contribution < -0.4 is 0 Å². The zero-order valence-electron chi connectivity index (χ0n) is 10.5. The van der Waals surface area contributed by atoms with E-state index in [1.807, 2.05) is 20.8 Å². The van der Waals surface area contributed by atoms with Gasteiger partial charge in [0, 0.05) is 10.8 Å². The Labute approximate surface area is 105 Å². The SMILES string of the molecule is CC1C(CN=[N+]=[N-])OC(OP(=O)(O)O)C(C)C1C. The summed E-state index contributed by atoms with van der Waals surface area (Å²) in [5.41, 5.74) is 8.30. The molecule has 1 aliphatic rings. The topological polar surface area (TPSA) is 125 Å². The molecule has 5 unspecified atom stereocenters. The third kappa shape index (κ3) is 3.95. The molecule has 18 heavy (non-hydrogen) atoms. The highest BCUT2D eigenvalue weighted by Crippen LogP contribution is 2.44. The Morgan fingerprint density at radius 2 is 1.94 bits per heavy atom. The maximum atomic E-state index is 10.9. The van der Waals surface area contributed by atoms with Gasteiger partial charge in [0.25, 0.3) is 0 Å². The molecule has 8 nitrogen and oxygen atoms in total. The maximum Gasteiger partial charge on any atom is 0.471 e. The molecule has 1 rings (SSSR count). The number of phosphoric acid groups is 1. The maximum absolute atomic E-state index is 10.9. The number of hydrogen-bond donors (Lipinski definition) is 2. The minimum atomic E-state index is -4.60. The van der Waals surface area contributed by atoms with Gasteiger partial charge >= 0.3 is 7.82 Å². The van der Waals surface area contributed by atoms with Gasteiger partial charge in [0.15, 0.2) is 6.29 Å². The van der Waals surface area contributed by atoms with Crippen molar-refractivity contribution in [2.45, 2.75) is 33.2 Å². The normalized spacial score (nSPS) is 37.1. The molecule has 0 aromatic rings. The summed E-state index contributed by atoms with van der Waals surface area (Å²) >= 11 is 0. The lowest BCUT2D eigenvalue weighted by atomic mass is 9.79. The van der Waals surface area contributed by atoms with Gasteiger partial charge in [0.2, 0.25) is 0 Å². The van der Waals surface area contributed by atoms with Crippen LogP contribution in [0.2, 0.25) is 0 Å². The van der Waals surface area contributed by atoms with Gasteiger partial charge in [-0.05, 0) is 17.4 Å². The summed E-state index contributed by atoms with van der Waals surface area (Å²) in [7, 11) is -4.60. The molecule has 0 amide bonds. The van der Waals surface area contributed by atoms with E-state index in [1.165, 1.54) is 0 Å². The Balaban J connectivity index is 2.80. The number of rotatable bonds is 4. The first-order chi connectivity index (χ1) is 8.26. The van der Waals surface area contributed by atoms with E-state index in [-0.39, 0.29) is 24.3 Å². The molecule has 1 fully saturated rings. The number of azide groups is 1. The summed E-state index contributed by atoms with van der Waals surface area (Å²) in [4.78, 5) is 20.3. The van der Waals surface area contributed by atoms with Crippen molar-refractivity contribution < 1.29 is 23.6 Å². The second-order valence-corrected chi connectivity index (χ2v) is 5.82. The van der Waals surface area contributed by atoms with Gasteiger partial charge in [-0.2, -0.15) is 0 Å². The van der Waals surface area contributed by atoms with E-state index in [0.29, 0.717) is 0 Å². The molecule has 1 saturated heterocycles. The van der Waals surface area contributed by atoms with Crippen molar-refractivity contribution in [2.24, 2.45) is 22.9 Å². The molecule has 0 saturated carbocycles. The molecule has 0 aromatic heterocycles. The van der Waals surface area contributed by atoms with E-state index in [9.17, 15) is 4.57 Å². The molecule has 0 bridgehead atoms. The third-order valence-corrected chi connectivity index (χ3v) is 4.03. The second kappa shape index (κ2) is 6.02. The zero-order valence-corrected chi connectivity index (χ0v) is 11.4. The molecule has 9 heteroatoms. The fourth-order valence-electron chi connectivity index (χ4n) is 2.07. The lowest BCUT2D eigenvalue weighted by molar-refractivity contribution is -0.213. The average Bonchev–Trinajstić information content (AvgIpc) is 2.27. The predicted octanol–water partition coefficient (Wildman–Crippen LogP) is 2.04. The Bertz CT molecular complexity index is 380. The van der Waals surface area contributed by atoms with Gasteiger partial charge < -0.3 is 14.5 Å². The number of nitrogens with zero attached hydrogens (tertiary/aromatic N) is 3. The number of phosphoric ester groups is 1. The van der Waals surface area contributed by atoms with Crippen LogP contribution in [0.3, 0.4) is 0 Å². The monoisotopic (exact) mass is 279 g/mol. The summed E-state index contributed by atoms with van der Waals surface area (Å²) < 4.78 is 21.0. The van der Waals surface area contributed by atoms with Gasteiger partial charge in [-0.1, -0.05) is 25.9 Å². The Morgan fingerprint density at radius 3 is 2.44 bits per heavy atom. The van der Waals surface area contributed by atoms with Crippen molar-refractivity contribution in [1.82, 2.24) is 0 Å². The fraction of sp³-hybridized carbons (Fsp3) is 1.00. The van der Waals surface area contributed by atoms with Crippen LogP contribution in [0.1, 0.15) is 20.8 Å². The molecular weight excluding hydrogens is 261 g/mol. The van der Waals surface area contributed by atoms with Crippen LogP contribution in [0.5, 0.6) is 0 Å². The van der Waals surface area contributed by atoms with Gasteiger partial charge in [0.1, 0.15) is 0 Å². The van der Waals surface area contributed by atoms with E-state index in [4.69, 9.17) is 20.1 Å². The van der Waals surface area contributed by atoms with Gasteiger partial charge in [-0.25, -0.2) is 4.57 Å². The number of ether oxygens (including phenoxy) is 1. The molecule has 5 atom stereocenters. The molecule has 0 aromatic carbocycles. The van der Waals surface area contributed by atoms with Crippen molar-refractivity contribution in [1.29, 1.82) is 0 Å². The minimum absolute atomic E-state index is 0.113. The van der Waals surface area contributed by atoms with Crippen LogP contribution in [-0.4, -0.2) is 28.7 Å². The van der Waals surface area contributed by atoms with E-state index in [0.717, 1.165) is 0 Å². The predicted molar refractivity (Wildman–Crippen MR) is 63.3 cm³/mol. The van der Waals surface area contributed by atoms with Crippen molar-refractivity contribution in [3.05, 3.63) is 10.4 Å². The summed E-state index contributed by atoms with van der Waals surface area (Å²) in [6.07, 6.45) is -1.39. The molecule has 1 aliphatic heterocycles. The molecule has 104 valence electrons. The largest absolute Gasteiger partial charge is 0.471 e. The zero-order chi connectivity index (χ0) is 13.9. The molecule has 2 N–H and O–H groups in total. The fourth-order valence-corrected chi connectivity index (χ4v) is 2.58. The summed E-state index contributed by atoms with van der Waals surface area (Å²) in [5, 5.41) is 3.44. The van der Waals surface area contributed by atoms with Gasteiger partial charge in [0.05, 0.1) is 12.6 Å². The molecule has 0 spiro atoms. The van der Waals surface area contributed by atoms with Crippen LogP contribution in [0.15, 0.2) is 5.11 Å². The average molecular weight is 279 g/mol.